The number of rotatable bonds is 6. The highest BCUT2D eigenvalue weighted by Gasteiger charge is 2.25. The molecule has 4 heterocycles. The maximum atomic E-state index is 12.5. The number of nitrogens with one attached hydrogen (secondary N) is 1. The molecule has 0 bridgehead atoms. The van der Waals surface area contributed by atoms with Crippen molar-refractivity contribution in [2.45, 2.75) is 52.2 Å². The highest BCUT2D eigenvalue weighted by molar-refractivity contribution is 5.89. The molecule has 1 aliphatic heterocycles. The van der Waals surface area contributed by atoms with E-state index in [1.807, 2.05) is 50.5 Å². The predicted molar refractivity (Wildman–Crippen MR) is 135 cm³/mol. The average molecular weight is 490 g/mol. The van der Waals surface area contributed by atoms with Crippen LogP contribution in [0.15, 0.2) is 41.3 Å². The van der Waals surface area contributed by atoms with Crippen LogP contribution in [0.3, 0.4) is 0 Å². The van der Waals surface area contributed by atoms with Crippen molar-refractivity contribution in [3.05, 3.63) is 59.6 Å². The Balaban J connectivity index is 1.32. The van der Waals surface area contributed by atoms with Gasteiger partial charge in [0.2, 0.25) is 0 Å². The fourth-order valence-electron chi connectivity index (χ4n) is 4.38. The average Bonchev–Trinajstić information content (AvgIpc) is 3.61. The SMILES string of the molecule is COC1CCN(c2cc3c(-c4ccc(CNC(=O)c5nc(C(C)(C)C)no5)c(C)c4)ncnn3c2)C1. The molecule has 1 aliphatic rings. The Kier molecular flexibility index (Phi) is 6.21. The largest absolute Gasteiger partial charge is 0.380 e. The van der Waals surface area contributed by atoms with Gasteiger partial charge in [0.25, 0.3) is 0 Å². The van der Waals surface area contributed by atoms with Crippen LogP contribution in [0.2, 0.25) is 0 Å². The minimum atomic E-state index is -0.391. The molecule has 36 heavy (non-hydrogen) atoms. The molecule has 3 aromatic heterocycles. The molecule has 188 valence electrons. The molecule has 1 amide bonds. The van der Waals surface area contributed by atoms with Gasteiger partial charge in [0.15, 0.2) is 5.82 Å². The smallest absolute Gasteiger partial charge is 0.315 e. The third-order valence-electron chi connectivity index (χ3n) is 6.58. The number of hydrogen-bond donors (Lipinski definition) is 1. The molecule has 10 heteroatoms. The number of aromatic nitrogens is 5. The lowest BCUT2D eigenvalue weighted by molar-refractivity contribution is 0.0907. The first kappa shape index (κ1) is 23.9. The van der Waals surface area contributed by atoms with Gasteiger partial charge < -0.3 is 19.5 Å². The topological polar surface area (TPSA) is 111 Å². The molecule has 1 unspecified atom stereocenters. The summed E-state index contributed by atoms with van der Waals surface area (Å²) in [5, 5.41) is 11.2. The Morgan fingerprint density at radius 1 is 1.28 bits per heavy atom. The zero-order valence-electron chi connectivity index (χ0n) is 21.3. The highest BCUT2D eigenvalue weighted by atomic mass is 16.5. The van der Waals surface area contributed by atoms with Gasteiger partial charge in [-0.1, -0.05) is 38.1 Å². The number of ether oxygens (including phenoxy) is 1. The van der Waals surface area contributed by atoms with Gasteiger partial charge in [-0.2, -0.15) is 10.1 Å². The number of benzene rings is 1. The summed E-state index contributed by atoms with van der Waals surface area (Å²) in [5.74, 6) is 0.0786. The van der Waals surface area contributed by atoms with E-state index in [9.17, 15) is 4.79 Å². The number of hydrogen-bond acceptors (Lipinski definition) is 8. The van der Waals surface area contributed by atoms with Crippen molar-refractivity contribution >= 4 is 17.1 Å². The number of methoxy groups -OCH3 is 1. The summed E-state index contributed by atoms with van der Waals surface area (Å²) in [7, 11) is 1.76. The summed E-state index contributed by atoms with van der Waals surface area (Å²) in [4.78, 5) is 23.6. The van der Waals surface area contributed by atoms with E-state index in [-0.39, 0.29) is 17.4 Å². The number of carbonyl (C=O) groups is 1. The number of fused-ring (bicyclic) bond motifs is 1. The van der Waals surface area contributed by atoms with Crippen LogP contribution in [-0.4, -0.2) is 56.9 Å². The van der Waals surface area contributed by atoms with Crippen LogP contribution in [0.5, 0.6) is 0 Å². The van der Waals surface area contributed by atoms with Crippen LogP contribution in [-0.2, 0) is 16.7 Å². The fourth-order valence-corrected chi connectivity index (χ4v) is 4.38. The standard InChI is InChI=1S/C26H31N7O3/c1-16-10-17(6-7-18(16)12-27-23(34)24-30-25(31-36-24)26(2,3)4)22-21-11-19(13-33(21)29-15-28-22)32-9-8-20(14-32)35-5/h6-7,10-11,13,15,20H,8-9,12,14H2,1-5H3,(H,27,34). The monoisotopic (exact) mass is 489 g/mol. The van der Waals surface area contributed by atoms with Crippen molar-refractivity contribution in [3.63, 3.8) is 0 Å². The number of aryl methyl sites for hydroxylation is 1. The fraction of sp³-hybridized carbons (Fsp3) is 0.423. The quantitative estimate of drug-likeness (QED) is 0.438. The van der Waals surface area contributed by atoms with E-state index in [0.717, 1.165) is 53.1 Å². The summed E-state index contributed by atoms with van der Waals surface area (Å²) in [6, 6.07) is 8.24. The van der Waals surface area contributed by atoms with Gasteiger partial charge in [0, 0.05) is 37.7 Å². The van der Waals surface area contributed by atoms with Gasteiger partial charge in [-0.05, 0) is 36.6 Å². The van der Waals surface area contributed by atoms with E-state index in [2.05, 4.69) is 42.6 Å². The molecule has 4 aromatic rings. The molecule has 1 saturated heterocycles. The summed E-state index contributed by atoms with van der Waals surface area (Å²) < 4.78 is 12.5. The van der Waals surface area contributed by atoms with Gasteiger partial charge >= 0.3 is 11.8 Å². The summed E-state index contributed by atoms with van der Waals surface area (Å²) in [6.07, 6.45) is 4.89. The van der Waals surface area contributed by atoms with Crippen molar-refractivity contribution in [1.82, 2.24) is 30.1 Å². The normalized spacial score (nSPS) is 16.1. The molecule has 1 aromatic carbocycles. The minimum absolute atomic E-state index is 0.0311. The van der Waals surface area contributed by atoms with Crippen molar-refractivity contribution < 1.29 is 14.1 Å². The summed E-state index contributed by atoms with van der Waals surface area (Å²) >= 11 is 0. The zero-order valence-corrected chi connectivity index (χ0v) is 21.3. The molecular formula is C26H31N7O3. The van der Waals surface area contributed by atoms with Gasteiger partial charge in [-0.25, -0.2) is 9.50 Å². The molecule has 1 fully saturated rings. The molecule has 0 saturated carbocycles. The van der Waals surface area contributed by atoms with Crippen LogP contribution in [0.25, 0.3) is 16.8 Å². The van der Waals surface area contributed by atoms with Gasteiger partial charge in [-0.3, -0.25) is 4.79 Å². The molecule has 1 atom stereocenters. The number of carbonyl (C=O) groups excluding carboxylic acids is 1. The van der Waals surface area contributed by atoms with Crippen LogP contribution in [0.4, 0.5) is 5.69 Å². The second kappa shape index (κ2) is 9.34. The minimum Gasteiger partial charge on any atom is -0.380 e. The Bertz CT molecular complexity index is 1400. The Labute approximate surface area is 209 Å². The summed E-state index contributed by atoms with van der Waals surface area (Å²) in [6.45, 7) is 10.1. The van der Waals surface area contributed by atoms with E-state index in [0.29, 0.717) is 12.4 Å². The lowest BCUT2D eigenvalue weighted by Crippen LogP contribution is -2.24. The Morgan fingerprint density at radius 3 is 2.81 bits per heavy atom. The number of anilines is 1. The first-order valence-corrected chi connectivity index (χ1v) is 12.1. The van der Waals surface area contributed by atoms with Gasteiger partial charge in [0.05, 0.1) is 29.2 Å². The molecule has 0 radical (unpaired) electrons. The summed E-state index contributed by atoms with van der Waals surface area (Å²) in [5.41, 5.74) is 5.65. The lowest BCUT2D eigenvalue weighted by Gasteiger charge is -2.15. The Hall–Kier alpha value is -3.79. The van der Waals surface area contributed by atoms with Crippen molar-refractivity contribution in [2.75, 3.05) is 25.1 Å². The van der Waals surface area contributed by atoms with E-state index in [1.54, 1.807) is 13.4 Å². The van der Waals surface area contributed by atoms with Gasteiger partial charge in [-0.15, -0.1) is 0 Å². The molecule has 1 N–H and O–H groups in total. The number of nitrogens with zero attached hydrogens (tertiary/aromatic N) is 6. The van der Waals surface area contributed by atoms with Crippen molar-refractivity contribution in [3.8, 4) is 11.3 Å². The second-order valence-corrected chi connectivity index (χ2v) is 10.2. The lowest BCUT2D eigenvalue weighted by atomic mass is 9.96. The Morgan fingerprint density at radius 2 is 2.11 bits per heavy atom. The maximum absolute atomic E-state index is 12.5. The van der Waals surface area contributed by atoms with E-state index < -0.39 is 5.91 Å². The second-order valence-electron chi connectivity index (χ2n) is 10.2. The number of amides is 1. The van der Waals surface area contributed by atoms with Crippen LogP contribution in [0, 0.1) is 6.92 Å². The highest BCUT2D eigenvalue weighted by Crippen LogP contribution is 2.30. The van der Waals surface area contributed by atoms with E-state index in [4.69, 9.17) is 9.26 Å². The van der Waals surface area contributed by atoms with Crippen LogP contribution >= 0.6 is 0 Å². The first-order valence-electron chi connectivity index (χ1n) is 12.1. The zero-order chi connectivity index (χ0) is 25.4. The molecule has 5 rings (SSSR count). The maximum Gasteiger partial charge on any atom is 0.315 e. The molecule has 10 nitrogen and oxygen atoms in total. The van der Waals surface area contributed by atoms with E-state index >= 15 is 0 Å². The molecule has 0 aliphatic carbocycles. The third kappa shape index (κ3) is 4.68. The van der Waals surface area contributed by atoms with Crippen molar-refractivity contribution in [2.24, 2.45) is 0 Å². The van der Waals surface area contributed by atoms with E-state index in [1.165, 1.54) is 0 Å². The van der Waals surface area contributed by atoms with Crippen LogP contribution in [0.1, 0.15) is 54.8 Å². The predicted octanol–water partition coefficient (Wildman–Crippen LogP) is 3.54. The third-order valence-corrected chi connectivity index (χ3v) is 6.58. The first-order chi connectivity index (χ1) is 17.2. The van der Waals surface area contributed by atoms with Crippen LogP contribution < -0.4 is 10.2 Å². The molecule has 0 spiro atoms. The van der Waals surface area contributed by atoms with Crippen molar-refractivity contribution in [1.29, 1.82) is 0 Å². The van der Waals surface area contributed by atoms with Gasteiger partial charge in [0.1, 0.15) is 6.33 Å². The molecular weight excluding hydrogens is 458 g/mol.